The van der Waals surface area contributed by atoms with Crippen LogP contribution in [0.2, 0.25) is 0 Å². The summed E-state index contributed by atoms with van der Waals surface area (Å²) in [5, 5.41) is 10.1. The molecule has 0 radical (unpaired) electrons. The van der Waals surface area contributed by atoms with E-state index in [-0.39, 0.29) is 36.7 Å². The van der Waals surface area contributed by atoms with Crippen LogP contribution in [0, 0.1) is 11.3 Å². The molecule has 0 spiro atoms. The summed E-state index contributed by atoms with van der Waals surface area (Å²) in [4.78, 5) is 28.3. The Labute approximate surface area is 166 Å². The monoisotopic (exact) mass is 390 g/mol. The topological polar surface area (TPSA) is 79.3 Å². The average Bonchev–Trinajstić information content (AvgIpc) is 3.05. The molecule has 7 nitrogen and oxygen atoms in total. The first-order chi connectivity index (χ1) is 13.2. The SMILES string of the molecule is CC(C)(C)OC(=O)N1CCC2(CO)CN(C(=O)OCc3ccccc3)CC2C1. The first-order valence-corrected chi connectivity index (χ1v) is 9.77. The second-order valence-electron chi connectivity index (χ2n) is 8.81. The smallest absolute Gasteiger partial charge is 0.410 e. The van der Waals surface area contributed by atoms with E-state index in [2.05, 4.69) is 0 Å². The van der Waals surface area contributed by atoms with Gasteiger partial charge in [0.2, 0.25) is 0 Å². The third-order valence-corrected chi connectivity index (χ3v) is 5.56. The van der Waals surface area contributed by atoms with Gasteiger partial charge >= 0.3 is 12.2 Å². The van der Waals surface area contributed by atoms with Crippen molar-refractivity contribution in [3.8, 4) is 0 Å². The minimum Gasteiger partial charge on any atom is -0.445 e. The van der Waals surface area contributed by atoms with Crippen LogP contribution in [0.25, 0.3) is 0 Å². The Kier molecular flexibility index (Phi) is 5.84. The van der Waals surface area contributed by atoms with Crippen molar-refractivity contribution < 1.29 is 24.2 Å². The van der Waals surface area contributed by atoms with Gasteiger partial charge in [-0.2, -0.15) is 0 Å². The number of amides is 2. The fourth-order valence-corrected chi connectivity index (χ4v) is 3.98. The molecule has 2 aliphatic rings. The average molecular weight is 390 g/mol. The number of hydrogen-bond donors (Lipinski definition) is 1. The number of benzene rings is 1. The van der Waals surface area contributed by atoms with Gasteiger partial charge in [-0.3, -0.25) is 0 Å². The maximum absolute atomic E-state index is 12.5. The van der Waals surface area contributed by atoms with E-state index in [1.54, 1.807) is 9.80 Å². The van der Waals surface area contributed by atoms with Crippen molar-refractivity contribution in [3.05, 3.63) is 35.9 Å². The molecule has 2 unspecified atom stereocenters. The highest BCUT2D eigenvalue weighted by molar-refractivity contribution is 5.69. The zero-order valence-electron chi connectivity index (χ0n) is 16.9. The van der Waals surface area contributed by atoms with Gasteiger partial charge in [-0.15, -0.1) is 0 Å². The van der Waals surface area contributed by atoms with Crippen molar-refractivity contribution in [1.82, 2.24) is 9.80 Å². The molecule has 3 rings (SSSR count). The Balaban J connectivity index is 1.60. The Morgan fingerprint density at radius 3 is 2.46 bits per heavy atom. The van der Waals surface area contributed by atoms with Crippen LogP contribution in [0.5, 0.6) is 0 Å². The van der Waals surface area contributed by atoms with Crippen molar-refractivity contribution in [2.24, 2.45) is 11.3 Å². The Bertz CT molecular complexity index is 702. The van der Waals surface area contributed by atoms with Gasteiger partial charge in [-0.25, -0.2) is 9.59 Å². The van der Waals surface area contributed by atoms with Gasteiger partial charge in [0, 0.05) is 37.5 Å². The summed E-state index contributed by atoms with van der Waals surface area (Å²) < 4.78 is 10.9. The van der Waals surface area contributed by atoms with Crippen LogP contribution in [0.15, 0.2) is 30.3 Å². The maximum Gasteiger partial charge on any atom is 0.410 e. The largest absolute Gasteiger partial charge is 0.445 e. The zero-order chi connectivity index (χ0) is 20.4. The summed E-state index contributed by atoms with van der Waals surface area (Å²) in [5.41, 5.74) is -0.00373. The van der Waals surface area contributed by atoms with Gasteiger partial charge in [0.15, 0.2) is 0 Å². The second-order valence-corrected chi connectivity index (χ2v) is 8.81. The van der Waals surface area contributed by atoms with E-state index < -0.39 is 5.60 Å². The number of rotatable bonds is 3. The van der Waals surface area contributed by atoms with Crippen LogP contribution in [-0.2, 0) is 16.1 Å². The summed E-state index contributed by atoms with van der Waals surface area (Å²) in [7, 11) is 0. The third kappa shape index (κ3) is 4.58. The summed E-state index contributed by atoms with van der Waals surface area (Å²) in [6.45, 7) is 7.63. The number of nitrogens with zero attached hydrogens (tertiary/aromatic N) is 2. The molecule has 0 aromatic heterocycles. The number of carbonyl (C=O) groups is 2. The predicted octanol–water partition coefficient (Wildman–Crippen LogP) is 2.87. The molecule has 2 fully saturated rings. The summed E-state index contributed by atoms with van der Waals surface area (Å²) in [6.07, 6.45) is -0.0883. The molecule has 28 heavy (non-hydrogen) atoms. The minimum atomic E-state index is -0.550. The highest BCUT2D eigenvalue weighted by atomic mass is 16.6. The van der Waals surface area contributed by atoms with Crippen LogP contribution in [-0.4, -0.2) is 65.5 Å². The number of piperidine rings is 1. The molecular formula is C21H30N2O5. The normalized spacial score (nSPS) is 24.6. The summed E-state index contributed by atoms with van der Waals surface area (Å²) in [5.74, 6) is 0.00282. The number of likely N-dealkylation sites (tertiary alicyclic amines) is 2. The lowest BCUT2D eigenvalue weighted by molar-refractivity contribution is -0.0122. The molecule has 0 saturated carbocycles. The van der Waals surface area contributed by atoms with E-state index in [4.69, 9.17) is 9.47 Å². The van der Waals surface area contributed by atoms with Crippen LogP contribution in [0.3, 0.4) is 0 Å². The Morgan fingerprint density at radius 1 is 1.14 bits per heavy atom. The molecule has 1 aromatic rings. The molecular weight excluding hydrogens is 360 g/mol. The van der Waals surface area contributed by atoms with Crippen LogP contribution >= 0.6 is 0 Å². The number of aliphatic hydroxyl groups excluding tert-OH is 1. The Hall–Kier alpha value is -2.28. The van der Waals surface area contributed by atoms with E-state index in [0.29, 0.717) is 32.6 Å². The van der Waals surface area contributed by atoms with Crippen LogP contribution in [0.1, 0.15) is 32.8 Å². The number of aliphatic hydroxyl groups is 1. The highest BCUT2D eigenvalue weighted by Crippen LogP contribution is 2.43. The van der Waals surface area contributed by atoms with E-state index >= 15 is 0 Å². The van der Waals surface area contributed by atoms with Crippen molar-refractivity contribution in [3.63, 3.8) is 0 Å². The molecule has 0 aliphatic carbocycles. The minimum absolute atomic E-state index is 0.00282. The van der Waals surface area contributed by atoms with Crippen LogP contribution < -0.4 is 0 Å². The molecule has 2 saturated heterocycles. The fourth-order valence-electron chi connectivity index (χ4n) is 3.98. The fraction of sp³-hybridized carbons (Fsp3) is 0.619. The summed E-state index contributed by atoms with van der Waals surface area (Å²) >= 11 is 0. The van der Waals surface area contributed by atoms with Gasteiger partial charge in [0.25, 0.3) is 0 Å². The van der Waals surface area contributed by atoms with Crippen molar-refractivity contribution in [2.45, 2.75) is 39.4 Å². The molecule has 2 amide bonds. The van der Waals surface area contributed by atoms with Gasteiger partial charge in [-0.05, 0) is 32.8 Å². The number of hydrogen-bond acceptors (Lipinski definition) is 5. The van der Waals surface area contributed by atoms with Gasteiger partial charge in [-0.1, -0.05) is 30.3 Å². The van der Waals surface area contributed by atoms with Crippen LogP contribution in [0.4, 0.5) is 9.59 Å². The van der Waals surface area contributed by atoms with E-state index in [0.717, 1.165) is 5.56 Å². The quantitative estimate of drug-likeness (QED) is 0.859. The number of ether oxygens (including phenoxy) is 2. The standard InChI is InChI=1S/C21H30N2O5/c1-20(2,3)28-19(26)22-10-9-21(15-24)14-23(12-17(21)11-22)18(25)27-13-16-7-5-4-6-8-16/h4-8,17,24H,9-15H2,1-3H3. The second kappa shape index (κ2) is 7.99. The van der Waals surface area contributed by atoms with Crippen molar-refractivity contribution in [1.29, 1.82) is 0 Å². The van der Waals surface area contributed by atoms with Gasteiger partial charge in [0.1, 0.15) is 12.2 Å². The first kappa shape index (κ1) is 20.5. The van der Waals surface area contributed by atoms with Crippen molar-refractivity contribution in [2.75, 3.05) is 32.8 Å². The van der Waals surface area contributed by atoms with E-state index in [1.165, 1.54) is 0 Å². The molecule has 154 valence electrons. The molecule has 0 bridgehead atoms. The predicted molar refractivity (Wildman–Crippen MR) is 104 cm³/mol. The molecule has 1 N–H and O–H groups in total. The van der Waals surface area contributed by atoms with E-state index in [9.17, 15) is 14.7 Å². The Morgan fingerprint density at radius 2 is 1.82 bits per heavy atom. The number of fused-ring (bicyclic) bond motifs is 1. The molecule has 2 atom stereocenters. The third-order valence-electron chi connectivity index (χ3n) is 5.56. The lowest BCUT2D eigenvalue weighted by Gasteiger charge is -2.42. The van der Waals surface area contributed by atoms with Gasteiger partial charge in [0.05, 0.1) is 6.61 Å². The maximum atomic E-state index is 12.5. The molecule has 2 aliphatic heterocycles. The zero-order valence-corrected chi connectivity index (χ0v) is 16.9. The number of carbonyl (C=O) groups excluding carboxylic acids is 2. The first-order valence-electron chi connectivity index (χ1n) is 9.77. The molecule has 2 heterocycles. The lowest BCUT2D eigenvalue weighted by atomic mass is 9.73. The van der Waals surface area contributed by atoms with E-state index in [1.807, 2.05) is 51.1 Å². The van der Waals surface area contributed by atoms with Crippen molar-refractivity contribution >= 4 is 12.2 Å². The summed E-state index contributed by atoms with van der Waals surface area (Å²) in [6, 6.07) is 9.53. The molecule has 7 heteroatoms. The highest BCUT2D eigenvalue weighted by Gasteiger charge is 2.51. The lowest BCUT2D eigenvalue weighted by Crippen LogP contribution is -2.51. The molecule has 1 aromatic carbocycles. The van der Waals surface area contributed by atoms with Gasteiger partial charge < -0.3 is 24.4 Å².